The Hall–Kier alpha value is -3.69. The molecule has 0 amide bonds. The first-order chi connectivity index (χ1) is 14.8. The van der Waals surface area contributed by atoms with E-state index in [-0.39, 0.29) is 6.04 Å². The van der Waals surface area contributed by atoms with Crippen LogP contribution in [0, 0.1) is 0 Å². The van der Waals surface area contributed by atoms with Gasteiger partial charge in [0.1, 0.15) is 5.84 Å². The first-order valence-corrected chi connectivity index (χ1v) is 10.2. The molecule has 1 aliphatic heterocycles. The highest BCUT2D eigenvalue weighted by atomic mass is 15.0. The van der Waals surface area contributed by atoms with Gasteiger partial charge in [0.05, 0.1) is 6.04 Å². The van der Waals surface area contributed by atoms with Crippen molar-refractivity contribution in [3.8, 4) is 0 Å². The van der Waals surface area contributed by atoms with E-state index in [0.29, 0.717) is 6.54 Å². The molecule has 146 valence electrons. The van der Waals surface area contributed by atoms with E-state index in [9.17, 15) is 0 Å². The summed E-state index contributed by atoms with van der Waals surface area (Å²) in [6, 6.07) is 33.4. The van der Waals surface area contributed by atoms with Crippen LogP contribution in [0.1, 0.15) is 28.3 Å². The summed E-state index contributed by atoms with van der Waals surface area (Å²) >= 11 is 0. The molecule has 3 N–H and O–H groups in total. The van der Waals surface area contributed by atoms with Crippen LogP contribution in [0.5, 0.6) is 0 Å². The van der Waals surface area contributed by atoms with E-state index in [1.54, 1.807) is 0 Å². The Bertz CT molecular complexity index is 1250. The molecule has 0 saturated heterocycles. The summed E-state index contributed by atoms with van der Waals surface area (Å²) in [4.78, 5) is 5.13. The second kappa shape index (κ2) is 7.97. The van der Waals surface area contributed by atoms with Gasteiger partial charge < -0.3 is 11.1 Å². The maximum absolute atomic E-state index is 6.03. The molecule has 3 nitrogen and oxygen atoms in total. The van der Waals surface area contributed by atoms with Gasteiger partial charge in [0.25, 0.3) is 0 Å². The molecule has 0 saturated carbocycles. The van der Waals surface area contributed by atoms with Crippen LogP contribution in [0.4, 0.5) is 0 Å². The fourth-order valence-electron chi connectivity index (χ4n) is 4.06. The van der Waals surface area contributed by atoms with Crippen LogP contribution in [0.15, 0.2) is 108 Å². The Morgan fingerprint density at radius 2 is 1.50 bits per heavy atom. The first-order valence-electron chi connectivity index (χ1n) is 10.2. The summed E-state index contributed by atoms with van der Waals surface area (Å²) in [5, 5.41) is 6.02. The molecule has 1 aliphatic rings. The summed E-state index contributed by atoms with van der Waals surface area (Å²) in [6.07, 6.45) is 2.21. The number of nitrogens with one attached hydrogen (secondary N) is 1. The number of rotatable bonds is 4. The zero-order chi connectivity index (χ0) is 20.3. The minimum Gasteiger partial charge on any atom is -0.340 e. The molecule has 3 heteroatoms. The zero-order valence-corrected chi connectivity index (χ0v) is 16.6. The zero-order valence-electron chi connectivity index (χ0n) is 16.6. The Balaban J connectivity index is 1.69. The van der Waals surface area contributed by atoms with Gasteiger partial charge in [0.2, 0.25) is 0 Å². The Morgan fingerprint density at radius 1 is 0.767 bits per heavy atom. The van der Waals surface area contributed by atoms with Gasteiger partial charge >= 0.3 is 0 Å². The van der Waals surface area contributed by atoms with Gasteiger partial charge in [-0.05, 0) is 33.5 Å². The molecular formula is C27H23N3. The molecular weight excluding hydrogens is 366 g/mol. The van der Waals surface area contributed by atoms with Crippen molar-refractivity contribution in [3.63, 3.8) is 0 Å². The van der Waals surface area contributed by atoms with Crippen molar-refractivity contribution in [2.24, 2.45) is 10.7 Å². The van der Waals surface area contributed by atoms with Crippen LogP contribution in [-0.4, -0.2) is 5.84 Å². The highest BCUT2D eigenvalue weighted by molar-refractivity contribution is 6.06. The lowest BCUT2D eigenvalue weighted by Gasteiger charge is -2.25. The molecule has 0 aromatic heterocycles. The molecule has 1 atom stereocenters. The van der Waals surface area contributed by atoms with Crippen molar-refractivity contribution in [3.05, 3.63) is 125 Å². The van der Waals surface area contributed by atoms with E-state index in [4.69, 9.17) is 10.7 Å². The molecule has 4 aromatic rings. The molecule has 30 heavy (non-hydrogen) atoms. The van der Waals surface area contributed by atoms with E-state index in [2.05, 4.69) is 90.3 Å². The molecule has 0 aliphatic carbocycles. The number of hydrogen-bond donors (Lipinski definition) is 2. The highest BCUT2D eigenvalue weighted by Gasteiger charge is 2.21. The summed E-state index contributed by atoms with van der Waals surface area (Å²) < 4.78 is 0. The lowest BCUT2D eigenvalue weighted by atomic mass is 9.95. The van der Waals surface area contributed by atoms with Gasteiger partial charge in [-0.3, -0.25) is 4.99 Å². The lowest BCUT2D eigenvalue weighted by Crippen LogP contribution is -2.29. The van der Waals surface area contributed by atoms with Crippen LogP contribution in [0.2, 0.25) is 0 Å². The second-order valence-electron chi connectivity index (χ2n) is 7.42. The van der Waals surface area contributed by atoms with Gasteiger partial charge in [-0.15, -0.1) is 0 Å². The Kier molecular flexibility index (Phi) is 4.88. The largest absolute Gasteiger partial charge is 0.340 e. The molecule has 0 spiro atoms. The average molecular weight is 390 g/mol. The molecule has 0 fully saturated rings. The third-order valence-electron chi connectivity index (χ3n) is 5.56. The summed E-state index contributed by atoms with van der Waals surface area (Å²) in [7, 11) is 0. The Labute approximate surface area is 176 Å². The van der Waals surface area contributed by atoms with Crippen molar-refractivity contribution in [2.75, 3.05) is 0 Å². The predicted octanol–water partition coefficient (Wildman–Crippen LogP) is 5.43. The van der Waals surface area contributed by atoms with E-state index < -0.39 is 0 Å². The van der Waals surface area contributed by atoms with Crippen LogP contribution < -0.4 is 11.1 Å². The highest BCUT2D eigenvalue weighted by Crippen LogP contribution is 2.32. The molecule has 1 unspecified atom stereocenters. The van der Waals surface area contributed by atoms with E-state index in [1.165, 1.54) is 16.3 Å². The first kappa shape index (κ1) is 18.3. The minimum absolute atomic E-state index is 0.0895. The minimum atomic E-state index is -0.0895. The van der Waals surface area contributed by atoms with Crippen molar-refractivity contribution < 1.29 is 0 Å². The van der Waals surface area contributed by atoms with Gasteiger partial charge in [0, 0.05) is 17.8 Å². The van der Waals surface area contributed by atoms with E-state index in [0.717, 1.165) is 28.2 Å². The van der Waals surface area contributed by atoms with Crippen molar-refractivity contribution in [1.29, 1.82) is 0 Å². The smallest absolute Gasteiger partial charge is 0.134 e. The molecule has 1 heterocycles. The fourth-order valence-corrected chi connectivity index (χ4v) is 4.06. The number of nitrogens with two attached hydrogens (primary N) is 1. The Morgan fingerprint density at radius 3 is 2.37 bits per heavy atom. The van der Waals surface area contributed by atoms with Gasteiger partial charge in [-0.25, -0.2) is 0 Å². The van der Waals surface area contributed by atoms with Gasteiger partial charge in [-0.1, -0.05) is 97.1 Å². The predicted molar refractivity (Wildman–Crippen MR) is 125 cm³/mol. The number of hydrogen-bond acceptors (Lipinski definition) is 3. The quantitative estimate of drug-likeness (QED) is 0.489. The second-order valence-corrected chi connectivity index (χ2v) is 7.42. The summed E-state index contributed by atoms with van der Waals surface area (Å²) in [5.41, 5.74) is 11.6. The van der Waals surface area contributed by atoms with Crippen LogP contribution in [0.25, 0.3) is 16.5 Å². The number of amidine groups is 1. The van der Waals surface area contributed by atoms with Crippen molar-refractivity contribution in [1.82, 2.24) is 5.32 Å². The number of benzene rings is 4. The van der Waals surface area contributed by atoms with Crippen LogP contribution in [-0.2, 0) is 6.54 Å². The van der Waals surface area contributed by atoms with Crippen molar-refractivity contribution >= 4 is 22.3 Å². The molecule has 4 aromatic carbocycles. The fraction of sp³-hybridized carbons (Fsp3) is 0.0741. The maximum atomic E-state index is 6.03. The summed E-state index contributed by atoms with van der Waals surface area (Å²) in [6.45, 7) is 0.472. The topological polar surface area (TPSA) is 50.4 Å². The van der Waals surface area contributed by atoms with Crippen LogP contribution in [0.3, 0.4) is 0 Å². The monoisotopic (exact) mass is 389 g/mol. The van der Waals surface area contributed by atoms with Crippen LogP contribution >= 0.6 is 0 Å². The van der Waals surface area contributed by atoms with E-state index in [1.807, 2.05) is 18.2 Å². The molecule has 0 bridgehead atoms. The lowest BCUT2D eigenvalue weighted by molar-refractivity contribution is 0.886. The average Bonchev–Trinajstić information content (AvgIpc) is 2.84. The number of nitrogens with zero attached hydrogens (tertiary/aromatic N) is 1. The molecule has 5 rings (SSSR count). The maximum Gasteiger partial charge on any atom is 0.134 e. The number of aliphatic imine (C=N–C) groups is 1. The number of fused-ring (bicyclic) bond motifs is 1. The molecule has 0 radical (unpaired) electrons. The SMILES string of the molecule is NCc1ccccc1C1=NC(c2cccc3ccccc23)C=C(c2ccccc2)N1. The normalized spacial score (nSPS) is 16.0. The van der Waals surface area contributed by atoms with Crippen molar-refractivity contribution in [2.45, 2.75) is 12.6 Å². The van der Waals surface area contributed by atoms with Gasteiger partial charge in [-0.2, -0.15) is 0 Å². The third-order valence-corrected chi connectivity index (χ3v) is 5.56. The third kappa shape index (κ3) is 3.40. The van der Waals surface area contributed by atoms with Gasteiger partial charge in [0.15, 0.2) is 0 Å². The summed E-state index contributed by atoms with van der Waals surface area (Å²) in [5.74, 6) is 0.857. The standard InChI is InChI=1S/C27H23N3/c28-18-21-12-5-7-15-23(21)27-29-25(20-10-2-1-3-11-20)17-26(30-27)24-16-8-13-19-9-4-6-14-22(19)24/h1-17,26H,18,28H2,(H,29,30). The van der Waals surface area contributed by atoms with E-state index >= 15 is 0 Å².